The van der Waals surface area contributed by atoms with Gasteiger partial charge >= 0.3 is 12.1 Å². The van der Waals surface area contributed by atoms with Gasteiger partial charge in [-0.1, -0.05) is 19.1 Å². The molecular formula is C15H16F3NO2. The Morgan fingerprint density at radius 2 is 2.05 bits per heavy atom. The van der Waals surface area contributed by atoms with Crippen LogP contribution in [0.1, 0.15) is 37.0 Å². The molecule has 1 aromatic rings. The number of hydrogen-bond acceptors (Lipinski definition) is 3. The maximum Gasteiger partial charge on any atom is 0.417 e. The summed E-state index contributed by atoms with van der Waals surface area (Å²) < 4.78 is 43.5. The summed E-state index contributed by atoms with van der Waals surface area (Å²) in [6, 6.07) is 5.15. The van der Waals surface area contributed by atoms with Crippen molar-refractivity contribution in [2.24, 2.45) is 5.92 Å². The lowest BCUT2D eigenvalue weighted by Gasteiger charge is -2.16. The lowest BCUT2D eigenvalue weighted by Crippen LogP contribution is -2.20. The van der Waals surface area contributed by atoms with E-state index in [1.165, 1.54) is 12.1 Å². The highest BCUT2D eigenvalue weighted by Crippen LogP contribution is 2.33. The summed E-state index contributed by atoms with van der Waals surface area (Å²) in [7, 11) is 0. The van der Waals surface area contributed by atoms with E-state index in [-0.39, 0.29) is 18.6 Å². The molecule has 0 amide bonds. The third-order valence-corrected chi connectivity index (χ3v) is 3.15. The molecular weight excluding hydrogens is 283 g/mol. The van der Waals surface area contributed by atoms with Gasteiger partial charge in [-0.25, -0.2) is 0 Å². The fourth-order valence-electron chi connectivity index (χ4n) is 2.06. The van der Waals surface area contributed by atoms with Crippen LogP contribution in [0.2, 0.25) is 0 Å². The first-order chi connectivity index (χ1) is 9.85. The first-order valence-electron chi connectivity index (χ1n) is 6.60. The van der Waals surface area contributed by atoms with Gasteiger partial charge in [0.15, 0.2) is 0 Å². The maximum atomic E-state index is 12.9. The van der Waals surface area contributed by atoms with Gasteiger partial charge in [0.05, 0.1) is 23.7 Å². The number of esters is 1. The summed E-state index contributed by atoms with van der Waals surface area (Å²) in [5.41, 5.74) is -1.18. The first-order valence-corrected chi connectivity index (χ1v) is 6.60. The minimum atomic E-state index is -4.59. The Labute approximate surface area is 121 Å². The zero-order valence-electron chi connectivity index (χ0n) is 11.8. The predicted octanol–water partition coefficient (Wildman–Crippen LogP) is 3.71. The Bertz CT molecular complexity index is 547. The van der Waals surface area contributed by atoms with Crippen molar-refractivity contribution in [1.82, 2.24) is 0 Å². The molecule has 0 aromatic heterocycles. The number of carbonyl (C=O) groups excluding carboxylic acids is 1. The summed E-state index contributed by atoms with van der Waals surface area (Å²) in [5.74, 6) is -1.01. The van der Waals surface area contributed by atoms with Crippen LogP contribution in [0, 0.1) is 17.2 Å². The van der Waals surface area contributed by atoms with Crippen molar-refractivity contribution in [3.05, 3.63) is 34.9 Å². The van der Waals surface area contributed by atoms with E-state index in [4.69, 9.17) is 10.00 Å². The van der Waals surface area contributed by atoms with Gasteiger partial charge in [0.2, 0.25) is 0 Å². The molecule has 0 aliphatic heterocycles. The Kier molecular flexibility index (Phi) is 5.77. The normalized spacial score (nSPS) is 12.6. The molecule has 1 atom stereocenters. The first kappa shape index (κ1) is 17.0. The van der Waals surface area contributed by atoms with Crippen molar-refractivity contribution in [2.45, 2.75) is 32.9 Å². The fraction of sp³-hybridized carbons (Fsp3) is 0.467. The van der Waals surface area contributed by atoms with Crippen LogP contribution in [0.5, 0.6) is 0 Å². The number of nitriles is 1. The van der Waals surface area contributed by atoms with E-state index in [9.17, 15) is 18.0 Å². The van der Waals surface area contributed by atoms with E-state index < -0.39 is 29.2 Å². The van der Waals surface area contributed by atoms with Crippen LogP contribution in [-0.4, -0.2) is 12.6 Å². The van der Waals surface area contributed by atoms with Gasteiger partial charge in [-0.3, -0.25) is 4.79 Å². The minimum absolute atomic E-state index is 0.0577. The number of carbonyl (C=O) groups is 1. The zero-order valence-corrected chi connectivity index (χ0v) is 11.8. The van der Waals surface area contributed by atoms with Gasteiger partial charge < -0.3 is 4.74 Å². The van der Waals surface area contributed by atoms with E-state index >= 15 is 0 Å². The molecule has 0 fully saturated rings. The van der Waals surface area contributed by atoms with E-state index in [1.807, 2.05) is 0 Å². The largest absolute Gasteiger partial charge is 0.466 e. The van der Waals surface area contributed by atoms with Crippen LogP contribution in [0.25, 0.3) is 0 Å². The molecule has 0 bridgehead atoms. The quantitative estimate of drug-likeness (QED) is 0.779. The Morgan fingerprint density at radius 1 is 1.38 bits per heavy atom. The zero-order chi connectivity index (χ0) is 16.0. The SMILES string of the molecule is CCOC(=O)C(CC)Cc1cccc(C(F)(F)F)c1C#N. The van der Waals surface area contributed by atoms with Gasteiger partial charge in [-0.05, 0) is 31.4 Å². The minimum Gasteiger partial charge on any atom is -0.466 e. The number of ether oxygens (including phenoxy) is 1. The van der Waals surface area contributed by atoms with Crippen molar-refractivity contribution in [3.63, 3.8) is 0 Å². The van der Waals surface area contributed by atoms with Gasteiger partial charge in [-0.2, -0.15) is 18.4 Å². The van der Waals surface area contributed by atoms with Crippen LogP contribution in [-0.2, 0) is 22.1 Å². The summed E-state index contributed by atoms with van der Waals surface area (Å²) >= 11 is 0. The summed E-state index contributed by atoms with van der Waals surface area (Å²) in [6.45, 7) is 3.62. The molecule has 0 heterocycles. The van der Waals surface area contributed by atoms with E-state index in [0.29, 0.717) is 6.42 Å². The van der Waals surface area contributed by atoms with Crippen molar-refractivity contribution in [2.75, 3.05) is 6.61 Å². The second-order valence-electron chi connectivity index (χ2n) is 4.51. The molecule has 1 aromatic carbocycles. The number of hydrogen-bond donors (Lipinski definition) is 0. The van der Waals surface area contributed by atoms with Gasteiger partial charge in [0, 0.05) is 0 Å². The Hall–Kier alpha value is -2.03. The number of nitrogens with zero attached hydrogens (tertiary/aromatic N) is 1. The van der Waals surface area contributed by atoms with Gasteiger partial charge in [0.1, 0.15) is 6.07 Å². The number of rotatable bonds is 5. The Morgan fingerprint density at radius 3 is 2.52 bits per heavy atom. The molecule has 0 aliphatic carbocycles. The molecule has 3 nitrogen and oxygen atoms in total. The molecule has 0 radical (unpaired) electrons. The highest BCUT2D eigenvalue weighted by atomic mass is 19.4. The molecule has 0 aliphatic rings. The monoisotopic (exact) mass is 299 g/mol. The van der Waals surface area contributed by atoms with Crippen molar-refractivity contribution >= 4 is 5.97 Å². The third kappa shape index (κ3) is 4.22. The standard InChI is InChI=1S/C15H16F3NO2/c1-3-10(14(20)21-4-2)8-11-6-5-7-13(12(11)9-19)15(16,17)18/h5-7,10H,3-4,8H2,1-2H3. The predicted molar refractivity (Wildman–Crippen MR) is 70.3 cm³/mol. The molecule has 0 spiro atoms. The molecule has 1 unspecified atom stereocenters. The molecule has 1 rings (SSSR count). The lowest BCUT2D eigenvalue weighted by molar-refractivity contribution is -0.148. The molecule has 21 heavy (non-hydrogen) atoms. The topological polar surface area (TPSA) is 50.1 Å². The highest BCUT2D eigenvalue weighted by molar-refractivity contribution is 5.73. The van der Waals surface area contributed by atoms with Gasteiger partial charge in [-0.15, -0.1) is 0 Å². The third-order valence-electron chi connectivity index (χ3n) is 3.15. The molecule has 0 saturated carbocycles. The van der Waals surface area contributed by atoms with Crippen molar-refractivity contribution in [1.29, 1.82) is 5.26 Å². The summed E-state index contributed by atoms with van der Waals surface area (Å²) in [6.07, 6.45) is -4.10. The van der Waals surface area contributed by atoms with Crippen LogP contribution >= 0.6 is 0 Å². The van der Waals surface area contributed by atoms with E-state index in [2.05, 4.69) is 0 Å². The average molecular weight is 299 g/mol. The maximum absolute atomic E-state index is 12.9. The number of benzene rings is 1. The summed E-state index contributed by atoms with van der Waals surface area (Å²) in [5, 5.41) is 9.02. The average Bonchev–Trinajstić information content (AvgIpc) is 2.43. The molecule has 0 N–H and O–H groups in total. The van der Waals surface area contributed by atoms with E-state index in [1.54, 1.807) is 19.9 Å². The lowest BCUT2D eigenvalue weighted by atomic mass is 9.91. The molecule has 0 saturated heterocycles. The summed E-state index contributed by atoms with van der Waals surface area (Å²) in [4.78, 5) is 11.7. The smallest absolute Gasteiger partial charge is 0.417 e. The van der Waals surface area contributed by atoms with Crippen molar-refractivity contribution in [3.8, 4) is 6.07 Å². The van der Waals surface area contributed by atoms with Crippen LogP contribution in [0.4, 0.5) is 13.2 Å². The van der Waals surface area contributed by atoms with Crippen LogP contribution in [0.3, 0.4) is 0 Å². The second kappa shape index (κ2) is 7.11. The van der Waals surface area contributed by atoms with Crippen LogP contribution in [0.15, 0.2) is 18.2 Å². The van der Waals surface area contributed by atoms with Gasteiger partial charge in [0.25, 0.3) is 0 Å². The Balaban J connectivity index is 3.14. The number of halogens is 3. The van der Waals surface area contributed by atoms with Crippen LogP contribution < -0.4 is 0 Å². The van der Waals surface area contributed by atoms with Crippen molar-refractivity contribution < 1.29 is 22.7 Å². The fourth-order valence-corrected chi connectivity index (χ4v) is 2.06. The molecule has 114 valence electrons. The molecule has 6 heteroatoms. The number of alkyl halides is 3. The second-order valence-corrected chi connectivity index (χ2v) is 4.51. The highest BCUT2D eigenvalue weighted by Gasteiger charge is 2.34. The van der Waals surface area contributed by atoms with E-state index in [0.717, 1.165) is 6.07 Å².